The van der Waals surface area contributed by atoms with E-state index in [4.69, 9.17) is 4.11 Å². The van der Waals surface area contributed by atoms with Gasteiger partial charge in [0.15, 0.2) is 0 Å². The molecule has 0 aliphatic heterocycles. The summed E-state index contributed by atoms with van der Waals surface area (Å²) in [5, 5.41) is 0. The fraction of sp³-hybridized carbons (Fsp3) is 0.143. The molecule has 1 aromatic carbocycles. The van der Waals surface area contributed by atoms with Crippen LogP contribution >= 0.6 is 31.9 Å². The van der Waals surface area contributed by atoms with Gasteiger partial charge in [-0.2, -0.15) is 0 Å². The van der Waals surface area contributed by atoms with Crippen LogP contribution in [0.15, 0.2) is 27.1 Å². The molecule has 1 rings (SSSR count). The van der Waals surface area contributed by atoms with Gasteiger partial charge in [-0.25, -0.2) is 0 Å². The second kappa shape index (κ2) is 2.84. The molecule has 0 unspecified atom stereocenters. The van der Waals surface area contributed by atoms with E-state index in [0.29, 0.717) is 5.56 Å². The van der Waals surface area contributed by atoms with Gasteiger partial charge in [-0.1, -0.05) is 6.07 Å². The average Bonchev–Trinajstić information content (AvgIpc) is 1.92. The van der Waals surface area contributed by atoms with Crippen molar-refractivity contribution in [3.8, 4) is 0 Å². The third-order valence-corrected chi connectivity index (χ3v) is 2.80. The monoisotopic (exact) mass is 251 g/mol. The first-order chi connectivity index (χ1) is 5.41. The molecule has 0 aliphatic rings. The van der Waals surface area contributed by atoms with Crippen molar-refractivity contribution in [1.82, 2.24) is 0 Å². The maximum Gasteiger partial charge on any atom is 0.0320 e. The Bertz CT molecular complexity index is 293. The van der Waals surface area contributed by atoms with Gasteiger partial charge in [0.1, 0.15) is 0 Å². The van der Waals surface area contributed by atoms with Crippen LogP contribution in [0.3, 0.4) is 0 Å². The molecule has 0 heterocycles. The van der Waals surface area contributed by atoms with Crippen LogP contribution in [0.25, 0.3) is 0 Å². The molecule has 1 aromatic rings. The summed E-state index contributed by atoms with van der Waals surface area (Å²) in [6.07, 6.45) is 0. The first kappa shape index (κ1) is 4.14. The van der Waals surface area contributed by atoms with Crippen molar-refractivity contribution in [2.24, 2.45) is 0 Å². The molecular weight excluding hydrogens is 244 g/mol. The highest BCUT2D eigenvalue weighted by atomic mass is 79.9. The number of benzene rings is 1. The molecule has 9 heavy (non-hydrogen) atoms. The molecule has 0 spiro atoms. The highest BCUT2D eigenvalue weighted by molar-refractivity contribution is 9.13. The zero-order valence-electron chi connectivity index (χ0n) is 7.49. The molecular formula is C7H6Br2. The average molecular weight is 253 g/mol. The van der Waals surface area contributed by atoms with E-state index in [2.05, 4.69) is 31.9 Å². The first-order valence-electron chi connectivity index (χ1n) is 3.87. The molecule has 48 valence electrons. The van der Waals surface area contributed by atoms with E-state index in [1.165, 1.54) is 0 Å². The zero-order valence-corrected chi connectivity index (χ0v) is 7.66. The Morgan fingerprint density at radius 2 is 2.11 bits per heavy atom. The topological polar surface area (TPSA) is 0 Å². The van der Waals surface area contributed by atoms with Gasteiger partial charge in [-0.15, -0.1) is 0 Å². The summed E-state index contributed by atoms with van der Waals surface area (Å²) in [4.78, 5) is 0. The van der Waals surface area contributed by atoms with Crippen LogP contribution in [0.1, 0.15) is 9.68 Å². The Hall–Kier alpha value is 0.180. The maximum atomic E-state index is 7.14. The summed E-state index contributed by atoms with van der Waals surface area (Å²) in [5.74, 6) is 0. The Morgan fingerprint density at radius 1 is 1.33 bits per heavy atom. The van der Waals surface area contributed by atoms with E-state index < -0.39 is 6.85 Å². The van der Waals surface area contributed by atoms with Crippen molar-refractivity contribution in [3.05, 3.63) is 32.7 Å². The molecule has 0 bridgehead atoms. The van der Waals surface area contributed by atoms with Crippen molar-refractivity contribution in [2.45, 2.75) is 6.85 Å². The maximum absolute atomic E-state index is 7.14. The molecule has 0 N–H and O–H groups in total. The van der Waals surface area contributed by atoms with Crippen LogP contribution in [-0.2, 0) is 0 Å². The Balaban J connectivity index is 3.14. The van der Waals surface area contributed by atoms with Crippen LogP contribution in [0.4, 0.5) is 0 Å². The summed E-state index contributed by atoms with van der Waals surface area (Å²) >= 11 is 6.51. The lowest BCUT2D eigenvalue weighted by Gasteiger charge is -1.95. The van der Waals surface area contributed by atoms with Crippen LogP contribution in [0.5, 0.6) is 0 Å². The van der Waals surface area contributed by atoms with Crippen LogP contribution in [0, 0.1) is 6.85 Å². The molecule has 2 heteroatoms. The van der Waals surface area contributed by atoms with Gasteiger partial charge >= 0.3 is 0 Å². The summed E-state index contributed by atoms with van der Waals surface area (Å²) in [5.41, 5.74) is 0.345. The Kier molecular flexibility index (Phi) is 1.31. The second-order valence-corrected chi connectivity index (χ2v) is 3.34. The molecule has 0 amide bonds. The van der Waals surface area contributed by atoms with Gasteiger partial charge in [-0.05, 0) is 56.4 Å². The van der Waals surface area contributed by atoms with Gasteiger partial charge in [0.05, 0.1) is 0 Å². The number of rotatable bonds is 0. The molecule has 0 radical (unpaired) electrons. The lowest BCUT2D eigenvalue weighted by molar-refractivity contribution is 1.43. The number of halogens is 2. The Labute approximate surface area is 75.7 Å². The van der Waals surface area contributed by atoms with E-state index in [9.17, 15) is 0 Å². The minimum absolute atomic E-state index is 0.345. The van der Waals surface area contributed by atoms with Gasteiger partial charge in [0.2, 0.25) is 0 Å². The van der Waals surface area contributed by atoms with E-state index in [-0.39, 0.29) is 0 Å². The summed E-state index contributed by atoms with van der Waals surface area (Å²) in [6.45, 7) is -2.02. The fourth-order valence-electron chi connectivity index (χ4n) is 0.496. The highest BCUT2D eigenvalue weighted by Crippen LogP contribution is 2.22. The van der Waals surface area contributed by atoms with Gasteiger partial charge in [-0.3, -0.25) is 0 Å². The van der Waals surface area contributed by atoms with E-state index in [1.54, 1.807) is 18.2 Å². The van der Waals surface area contributed by atoms with E-state index in [0.717, 1.165) is 8.95 Å². The van der Waals surface area contributed by atoms with E-state index in [1.807, 2.05) is 0 Å². The third-order valence-electron chi connectivity index (χ3n) is 0.920. The smallest absolute Gasteiger partial charge is 0.0320 e. The SMILES string of the molecule is [2H]C([2H])([2H])c1ccc(Br)c(Br)c1. The highest BCUT2D eigenvalue weighted by Gasteiger charge is 1.92. The third kappa shape index (κ3) is 1.80. The minimum Gasteiger partial charge on any atom is -0.0581 e. The lowest BCUT2D eigenvalue weighted by atomic mass is 10.2. The largest absolute Gasteiger partial charge is 0.0581 e. The van der Waals surface area contributed by atoms with Crippen molar-refractivity contribution >= 4 is 31.9 Å². The summed E-state index contributed by atoms with van der Waals surface area (Å²) < 4.78 is 23.0. The molecule has 0 fully saturated rings. The summed E-state index contributed by atoms with van der Waals surface area (Å²) in [7, 11) is 0. The standard InChI is InChI=1S/C7H6Br2/c1-5-2-3-6(8)7(9)4-5/h2-4H,1H3/i1D3. The Morgan fingerprint density at radius 3 is 2.67 bits per heavy atom. The first-order valence-corrected chi connectivity index (χ1v) is 3.95. The van der Waals surface area contributed by atoms with Crippen molar-refractivity contribution < 1.29 is 4.11 Å². The van der Waals surface area contributed by atoms with Crippen LogP contribution in [-0.4, -0.2) is 0 Å². The molecule has 0 aliphatic carbocycles. The second-order valence-electron chi connectivity index (χ2n) is 1.63. The van der Waals surface area contributed by atoms with Gasteiger partial charge in [0, 0.05) is 13.1 Å². The van der Waals surface area contributed by atoms with Crippen molar-refractivity contribution in [3.63, 3.8) is 0 Å². The van der Waals surface area contributed by atoms with Gasteiger partial charge < -0.3 is 0 Å². The van der Waals surface area contributed by atoms with E-state index >= 15 is 0 Å². The molecule has 0 saturated carbocycles. The van der Waals surface area contributed by atoms with Crippen molar-refractivity contribution in [2.75, 3.05) is 0 Å². The number of aryl methyl sites for hydroxylation is 1. The predicted molar refractivity (Wildman–Crippen MR) is 46.6 cm³/mol. The number of hydrogen-bond donors (Lipinski definition) is 0. The quantitative estimate of drug-likeness (QED) is 0.663. The summed E-state index contributed by atoms with van der Waals surface area (Å²) in [6, 6.07) is 4.89. The number of hydrogen-bond acceptors (Lipinski definition) is 0. The lowest BCUT2D eigenvalue weighted by Crippen LogP contribution is -1.71. The van der Waals surface area contributed by atoms with Crippen molar-refractivity contribution in [1.29, 1.82) is 0 Å². The molecule has 0 atom stereocenters. The normalized spacial score (nSPS) is 16.0. The fourth-order valence-corrected chi connectivity index (χ4v) is 1.12. The molecule has 0 aromatic heterocycles. The predicted octanol–water partition coefficient (Wildman–Crippen LogP) is 3.52. The van der Waals surface area contributed by atoms with Gasteiger partial charge in [0.25, 0.3) is 0 Å². The minimum atomic E-state index is -2.02. The zero-order chi connectivity index (χ0) is 9.35. The van der Waals surface area contributed by atoms with Crippen LogP contribution in [0.2, 0.25) is 0 Å². The van der Waals surface area contributed by atoms with Crippen LogP contribution < -0.4 is 0 Å². The molecule has 0 saturated heterocycles. The molecule has 0 nitrogen and oxygen atoms in total.